The van der Waals surface area contributed by atoms with Crippen LogP contribution < -0.4 is 5.32 Å². The van der Waals surface area contributed by atoms with Crippen LogP contribution in [0.3, 0.4) is 0 Å². The van der Waals surface area contributed by atoms with Crippen LogP contribution in [0, 0.1) is 13.8 Å². The lowest BCUT2D eigenvalue weighted by Crippen LogP contribution is -2.20. The van der Waals surface area contributed by atoms with E-state index in [4.69, 9.17) is 9.47 Å². The number of aromatic nitrogens is 3. The fraction of sp³-hybridized carbons (Fsp3) is 0.389. The molecular formula is C18H22N4O5S. The van der Waals surface area contributed by atoms with Gasteiger partial charge in [0.1, 0.15) is 0 Å². The van der Waals surface area contributed by atoms with Crippen molar-refractivity contribution in [3.05, 3.63) is 34.1 Å². The molecular weight excluding hydrogens is 384 g/mol. The molecule has 0 saturated carbocycles. The summed E-state index contributed by atoms with van der Waals surface area (Å²) in [5.41, 5.74) is 3.05. The number of carbonyl (C=O) groups excluding carboxylic acids is 3. The monoisotopic (exact) mass is 406 g/mol. The standard InChI is InChI=1S/C18H22N4O5S/c1-5-26-17(25)8-13-10-28-18(19-13)20-15(23)9-27-16(24)7-6-14-11(2)21-22(4)12(14)3/h6-7,10H,5,8-9H2,1-4H3,(H,19,20,23)/b7-6+. The van der Waals surface area contributed by atoms with Crippen LogP contribution in [0.25, 0.3) is 6.08 Å². The van der Waals surface area contributed by atoms with Crippen molar-refractivity contribution in [2.24, 2.45) is 7.05 Å². The summed E-state index contributed by atoms with van der Waals surface area (Å²) < 4.78 is 11.5. The number of esters is 2. The van der Waals surface area contributed by atoms with E-state index in [1.165, 1.54) is 17.4 Å². The number of thiazole rings is 1. The average Bonchev–Trinajstić information content (AvgIpc) is 3.15. The second-order valence-electron chi connectivity index (χ2n) is 5.82. The largest absolute Gasteiger partial charge is 0.466 e. The third-order valence-electron chi connectivity index (χ3n) is 3.73. The first-order valence-electron chi connectivity index (χ1n) is 8.55. The molecule has 0 saturated heterocycles. The molecule has 0 fully saturated rings. The summed E-state index contributed by atoms with van der Waals surface area (Å²) in [6, 6.07) is 0. The molecule has 0 radical (unpaired) electrons. The number of nitrogens with one attached hydrogen (secondary N) is 1. The van der Waals surface area contributed by atoms with E-state index < -0.39 is 18.5 Å². The molecule has 28 heavy (non-hydrogen) atoms. The highest BCUT2D eigenvalue weighted by Crippen LogP contribution is 2.16. The smallest absolute Gasteiger partial charge is 0.331 e. The van der Waals surface area contributed by atoms with Gasteiger partial charge < -0.3 is 9.47 Å². The van der Waals surface area contributed by atoms with Gasteiger partial charge >= 0.3 is 11.9 Å². The van der Waals surface area contributed by atoms with Crippen LogP contribution in [0.2, 0.25) is 0 Å². The predicted octanol–water partition coefficient (Wildman–Crippen LogP) is 1.79. The third-order valence-corrected chi connectivity index (χ3v) is 4.53. The number of ether oxygens (including phenoxy) is 2. The van der Waals surface area contributed by atoms with Gasteiger partial charge in [-0.1, -0.05) is 0 Å². The third kappa shape index (κ3) is 6.02. The van der Waals surface area contributed by atoms with Gasteiger partial charge in [0.05, 0.1) is 24.4 Å². The van der Waals surface area contributed by atoms with Gasteiger partial charge in [-0.15, -0.1) is 11.3 Å². The van der Waals surface area contributed by atoms with Crippen molar-refractivity contribution in [1.82, 2.24) is 14.8 Å². The molecule has 0 atom stereocenters. The van der Waals surface area contributed by atoms with E-state index in [-0.39, 0.29) is 12.4 Å². The summed E-state index contributed by atoms with van der Waals surface area (Å²) >= 11 is 1.17. The molecule has 0 spiro atoms. The molecule has 0 aliphatic heterocycles. The number of amides is 1. The van der Waals surface area contributed by atoms with Crippen molar-refractivity contribution >= 4 is 40.4 Å². The Morgan fingerprint density at radius 1 is 1.29 bits per heavy atom. The molecule has 0 aromatic carbocycles. The van der Waals surface area contributed by atoms with Gasteiger partial charge in [0.25, 0.3) is 5.91 Å². The SMILES string of the molecule is CCOC(=O)Cc1csc(NC(=O)COC(=O)/C=C/c2c(C)nn(C)c2C)n1. The second kappa shape index (κ2) is 9.79. The number of rotatable bonds is 8. The van der Waals surface area contributed by atoms with Crippen LogP contribution in [0.1, 0.15) is 29.6 Å². The Morgan fingerprint density at radius 3 is 2.68 bits per heavy atom. The van der Waals surface area contributed by atoms with Gasteiger partial charge in [0.15, 0.2) is 11.7 Å². The Morgan fingerprint density at radius 2 is 2.04 bits per heavy atom. The van der Waals surface area contributed by atoms with E-state index in [0.717, 1.165) is 17.0 Å². The molecule has 1 N–H and O–H groups in total. The molecule has 10 heteroatoms. The van der Waals surface area contributed by atoms with E-state index in [1.807, 2.05) is 20.9 Å². The summed E-state index contributed by atoms with van der Waals surface area (Å²) in [7, 11) is 1.82. The zero-order valence-electron chi connectivity index (χ0n) is 16.1. The Bertz CT molecular complexity index is 900. The van der Waals surface area contributed by atoms with Crippen molar-refractivity contribution < 1.29 is 23.9 Å². The van der Waals surface area contributed by atoms with Gasteiger partial charge in [0, 0.05) is 29.8 Å². The quantitative estimate of drug-likeness (QED) is 0.525. The van der Waals surface area contributed by atoms with Crippen molar-refractivity contribution in [3.63, 3.8) is 0 Å². The zero-order chi connectivity index (χ0) is 20.7. The second-order valence-corrected chi connectivity index (χ2v) is 6.68. The molecule has 150 valence electrons. The van der Waals surface area contributed by atoms with Gasteiger partial charge in [0.2, 0.25) is 0 Å². The highest BCUT2D eigenvalue weighted by atomic mass is 32.1. The molecule has 9 nitrogen and oxygen atoms in total. The Kier molecular flexibility index (Phi) is 7.44. The van der Waals surface area contributed by atoms with Gasteiger partial charge in [-0.2, -0.15) is 5.10 Å². The average molecular weight is 406 g/mol. The number of aryl methyl sites for hydroxylation is 2. The van der Waals surface area contributed by atoms with Crippen LogP contribution in [-0.2, 0) is 37.3 Å². The molecule has 2 rings (SSSR count). The summed E-state index contributed by atoms with van der Waals surface area (Å²) in [5.74, 6) is -1.54. The molecule has 1 amide bonds. The van der Waals surface area contributed by atoms with Crippen LogP contribution in [0.5, 0.6) is 0 Å². The Labute approximate surface area is 166 Å². The lowest BCUT2D eigenvalue weighted by molar-refractivity contribution is -0.142. The number of hydrogen-bond donors (Lipinski definition) is 1. The number of nitrogens with zero attached hydrogens (tertiary/aromatic N) is 3. The molecule has 2 aromatic rings. The van der Waals surface area contributed by atoms with Crippen molar-refractivity contribution in [2.45, 2.75) is 27.2 Å². The Balaban J connectivity index is 1.80. The number of anilines is 1. The minimum absolute atomic E-state index is 0.0349. The topological polar surface area (TPSA) is 112 Å². The maximum absolute atomic E-state index is 11.9. The summed E-state index contributed by atoms with van der Waals surface area (Å²) in [5, 5.41) is 8.74. The van der Waals surface area contributed by atoms with E-state index in [2.05, 4.69) is 15.4 Å². The van der Waals surface area contributed by atoms with E-state index in [0.29, 0.717) is 17.4 Å². The van der Waals surface area contributed by atoms with Crippen LogP contribution in [0.4, 0.5) is 5.13 Å². The van der Waals surface area contributed by atoms with Crippen molar-refractivity contribution in [1.29, 1.82) is 0 Å². The zero-order valence-corrected chi connectivity index (χ0v) is 17.0. The maximum Gasteiger partial charge on any atom is 0.331 e. The molecule has 0 aliphatic carbocycles. The van der Waals surface area contributed by atoms with E-state index >= 15 is 0 Å². The summed E-state index contributed by atoms with van der Waals surface area (Å²) in [6.07, 6.45) is 2.90. The van der Waals surface area contributed by atoms with Crippen LogP contribution in [0.15, 0.2) is 11.5 Å². The van der Waals surface area contributed by atoms with E-state index in [1.54, 1.807) is 23.1 Å². The lowest BCUT2D eigenvalue weighted by Gasteiger charge is -2.02. The number of carbonyl (C=O) groups is 3. The normalized spacial score (nSPS) is 10.9. The summed E-state index contributed by atoms with van der Waals surface area (Å²) in [4.78, 5) is 39.2. The minimum Gasteiger partial charge on any atom is -0.466 e. The fourth-order valence-electron chi connectivity index (χ4n) is 2.33. The maximum atomic E-state index is 11.9. The number of hydrogen-bond acceptors (Lipinski definition) is 8. The molecule has 0 aliphatic rings. The first-order chi connectivity index (χ1) is 13.3. The fourth-order valence-corrected chi connectivity index (χ4v) is 3.05. The summed E-state index contributed by atoms with van der Waals surface area (Å²) in [6.45, 7) is 5.31. The van der Waals surface area contributed by atoms with Crippen LogP contribution >= 0.6 is 11.3 Å². The first-order valence-corrected chi connectivity index (χ1v) is 9.43. The molecule has 2 aromatic heterocycles. The van der Waals surface area contributed by atoms with Gasteiger partial charge in [-0.25, -0.2) is 9.78 Å². The van der Waals surface area contributed by atoms with Crippen molar-refractivity contribution in [3.8, 4) is 0 Å². The van der Waals surface area contributed by atoms with Crippen molar-refractivity contribution in [2.75, 3.05) is 18.5 Å². The molecule has 0 bridgehead atoms. The van der Waals surface area contributed by atoms with Crippen LogP contribution in [-0.4, -0.2) is 45.8 Å². The minimum atomic E-state index is -0.639. The Hall–Kier alpha value is -3.01. The van der Waals surface area contributed by atoms with Gasteiger partial charge in [-0.05, 0) is 26.8 Å². The van der Waals surface area contributed by atoms with E-state index in [9.17, 15) is 14.4 Å². The first kappa shape index (κ1) is 21.3. The predicted molar refractivity (Wildman–Crippen MR) is 104 cm³/mol. The lowest BCUT2D eigenvalue weighted by atomic mass is 10.2. The molecule has 2 heterocycles. The van der Waals surface area contributed by atoms with Gasteiger partial charge in [-0.3, -0.25) is 19.6 Å². The molecule has 0 unspecified atom stereocenters. The highest BCUT2D eigenvalue weighted by molar-refractivity contribution is 7.13. The highest BCUT2D eigenvalue weighted by Gasteiger charge is 2.12.